The number of carbonyl (C=O) groups is 1. The Labute approximate surface area is 146 Å². The van der Waals surface area contributed by atoms with Crippen molar-refractivity contribution in [3.05, 3.63) is 0 Å². The number of carbonyl (C=O) groups excluding carboxylic acids is 1. The van der Waals surface area contributed by atoms with Crippen molar-refractivity contribution in [3.63, 3.8) is 0 Å². The maximum atomic E-state index is 12.6. The van der Waals surface area contributed by atoms with E-state index >= 15 is 0 Å². The van der Waals surface area contributed by atoms with Crippen LogP contribution >= 0.6 is 0 Å². The number of β-amino-alcohol motifs (C(OH)–C–C–N with tert-alkyl or cyclic N) is 1. The molecule has 3 aliphatic heterocycles. The molecule has 4 fully saturated rings. The van der Waals surface area contributed by atoms with Crippen LogP contribution in [0.15, 0.2) is 0 Å². The minimum absolute atomic E-state index is 0.0643. The molecule has 1 amide bonds. The number of piperazine rings is 1. The second kappa shape index (κ2) is 6.26. The first-order chi connectivity index (χ1) is 11.5. The van der Waals surface area contributed by atoms with Gasteiger partial charge < -0.3 is 10.0 Å². The average Bonchev–Trinajstić information content (AvgIpc) is 2.92. The summed E-state index contributed by atoms with van der Waals surface area (Å²) in [5.74, 6) is 0.348. The fraction of sp³-hybridized carbons (Fsp3) is 0.947. The lowest BCUT2D eigenvalue weighted by Gasteiger charge is -2.63. The summed E-state index contributed by atoms with van der Waals surface area (Å²) >= 11 is 0. The lowest BCUT2D eigenvalue weighted by Crippen LogP contribution is -2.79. The number of aliphatic hydroxyl groups is 1. The van der Waals surface area contributed by atoms with E-state index < -0.39 is 0 Å². The van der Waals surface area contributed by atoms with E-state index in [4.69, 9.17) is 0 Å². The first kappa shape index (κ1) is 16.8. The molecule has 1 saturated carbocycles. The van der Waals surface area contributed by atoms with E-state index in [0.717, 1.165) is 45.2 Å². The van der Waals surface area contributed by atoms with Crippen molar-refractivity contribution in [2.45, 2.75) is 76.1 Å². The van der Waals surface area contributed by atoms with Crippen LogP contribution in [0.3, 0.4) is 0 Å². The van der Waals surface area contributed by atoms with Crippen LogP contribution in [0.4, 0.5) is 0 Å². The Balaban J connectivity index is 1.49. The van der Waals surface area contributed by atoms with Gasteiger partial charge in [0.2, 0.25) is 5.91 Å². The van der Waals surface area contributed by atoms with Gasteiger partial charge in [0.25, 0.3) is 0 Å². The second-order valence-corrected chi connectivity index (χ2v) is 8.99. The molecule has 0 aromatic heterocycles. The van der Waals surface area contributed by atoms with Crippen molar-refractivity contribution in [2.24, 2.45) is 5.92 Å². The van der Waals surface area contributed by atoms with Crippen LogP contribution in [-0.2, 0) is 4.79 Å². The van der Waals surface area contributed by atoms with E-state index in [1.165, 1.54) is 32.1 Å². The number of hydrogen-bond donors (Lipinski definition) is 1. The highest BCUT2D eigenvalue weighted by Gasteiger charge is 2.57. The van der Waals surface area contributed by atoms with Gasteiger partial charge in [0.15, 0.2) is 0 Å². The molecular weight excluding hydrogens is 302 g/mol. The smallest absolute Gasteiger partial charge is 0.225 e. The highest BCUT2D eigenvalue weighted by molar-refractivity contribution is 5.78. The third-order valence-electron chi connectivity index (χ3n) is 6.81. The van der Waals surface area contributed by atoms with Gasteiger partial charge in [-0.05, 0) is 19.3 Å². The van der Waals surface area contributed by atoms with Crippen molar-refractivity contribution in [2.75, 3.05) is 32.7 Å². The highest BCUT2D eigenvalue weighted by atomic mass is 16.3. The van der Waals surface area contributed by atoms with E-state index in [2.05, 4.69) is 14.7 Å². The van der Waals surface area contributed by atoms with Crippen LogP contribution in [0.2, 0.25) is 0 Å². The van der Waals surface area contributed by atoms with Crippen LogP contribution in [0.25, 0.3) is 0 Å². The summed E-state index contributed by atoms with van der Waals surface area (Å²) < 4.78 is 0. The monoisotopic (exact) mass is 335 g/mol. The quantitative estimate of drug-likeness (QED) is 0.826. The van der Waals surface area contributed by atoms with E-state index in [1.54, 1.807) is 0 Å². The second-order valence-electron chi connectivity index (χ2n) is 8.99. The summed E-state index contributed by atoms with van der Waals surface area (Å²) in [7, 11) is 0. The molecule has 1 N–H and O–H groups in total. The molecule has 0 radical (unpaired) electrons. The zero-order valence-electron chi connectivity index (χ0n) is 15.3. The third-order valence-corrected chi connectivity index (χ3v) is 6.81. The topological polar surface area (TPSA) is 47.0 Å². The molecule has 5 heteroatoms. The van der Waals surface area contributed by atoms with Gasteiger partial charge in [-0.3, -0.25) is 14.6 Å². The Hall–Kier alpha value is -0.650. The van der Waals surface area contributed by atoms with Gasteiger partial charge in [0.1, 0.15) is 0 Å². The highest BCUT2D eigenvalue weighted by Crippen LogP contribution is 2.41. The Morgan fingerprint density at radius 3 is 2.42 bits per heavy atom. The van der Waals surface area contributed by atoms with Crippen LogP contribution in [0.1, 0.15) is 52.4 Å². The zero-order chi connectivity index (χ0) is 16.9. The van der Waals surface area contributed by atoms with Gasteiger partial charge in [-0.15, -0.1) is 0 Å². The molecule has 136 valence electrons. The van der Waals surface area contributed by atoms with Crippen molar-refractivity contribution < 1.29 is 9.90 Å². The predicted molar refractivity (Wildman–Crippen MR) is 93.7 cm³/mol. The summed E-state index contributed by atoms with van der Waals surface area (Å²) in [6.07, 6.45) is 7.44. The number of aliphatic hydroxyl groups excluding tert-OH is 1. The molecule has 3 heterocycles. The Kier molecular flexibility index (Phi) is 4.38. The molecule has 1 spiro atoms. The zero-order valence-corrected chi connectivity index (χ0v) is 15.3. The number of amides is 1. The van der Waals surface area contributed by atoms with Crippen LogP contribution < -0.4 is 0 Å². The lowest BCUT2D eigenvalue weighted by molar-refractivity contribution is -0.157. The summed E-state index contributed by atoms with van der Waals surface area (Å²) in [5, 5.41) is 10.2. The van der Waals surface area contributed by atoms with E-state index in [0.29, 0.717) is 6.04 Å². The molecule has 5 nitrogen and oxygen atoms in total. The molecular formula is C19H33N3O2. The number of nitrogens with zero attached hydrogens (tertiary/aromatic N) is 3. The predicted octanol–water partition coefficient (Wildman–Crippen LogP) is 1.31. The summed E-state index contributed by atoms with van der Waals surface area (Å²) in [4.78, 5) is 19.9. The number of hydrogen-bond acceptors (Lipinski definition) is 4. The standard InChI is InChI=1S/C19H33N3O2/c1-14(2)18(24)20-9-16-8-17(23)10-22(16)19(11-20)12-21(13-19)15-6-4-3-5-7-15/h14-17,23H,3-13H2,1-2H3. The maximum absolute atomic E-state index is 12.6. The maximum Gasteiger partial charge on any atom is 0.225 e. The minimum atomic E-state index is -0.218. The Bertz CT molecular complexity index is 483. The molecule has 0 aromatic rings. The SMILES string of the molecule is CC(C)C(=O)N1CC2CC(O)CN2C2(C1)CN(C1CCCCC1)C2. The molecule has 0 bridgehead atoms. The van der Waals surface area contributed by atoms with E-state index in [9.17, 15) is 9.90 Å². The van der Waals surface area contributed by atoms with E-state index in [1.807, 2.05) is 13.8 Å². The largest absolute Gasteiger partial charge is 0.392 e. The number of rotatable bonds is 2. The fourth-order valence-corrected chi connectivity index (χ4v) is 5.64. The normalized spacial score (nSPS) is 34.6. The van der Waals surface area contributed by atoms with Crippen LogP contribution in [0, 0.1) is 5.92 Å². The molecule has 3 saturated heterocycles. The van der Waals surface area contributed by atoms with E-state index in [-0.39, 0.29) is 23.5 Å². The summed E-state index contributed by atoms with van der Waals surface area (Å²) in [6.45, 7) is 8.63. The molecule has 2 atom stereocenters. The average molecular weight is 335 g/mol. The van der Waals surface area contributed by atoms with Crippen molar-refractivity contribution in [3.8, 4) is 0 Å². The first-order valence-electron chi connectivity index (χ1n) is 9.96. The molecule has 4 aliphatic rings. The van der Waals surface area contributed by atoms with Crippen molar-refractivity contribution in [1.82, 2.24) is 14.7 Å². The van der Waals surface area contributed by atoms with Gasteiger partial charge in [0, 0.05) is 50.7 Å². The van der Waals surface area contributed by atoms with Gasteiger partial charge in [-0.25, -0.2) is 0 Å². The lowest BCUT2D eigenvalue weighted by atomic mass is 9.80. The van der Waals surface area contributed by atoms with Gasteiger partial charge in [-0.2, -0.15) is 0 Å². The Morgan fingerprint density at radius 2 is 1.75 bits per heavy atom. The first-order valence-corrected chi connectivity index (χ1v) is 9.96. The molecule has 2 unspecified atom stereocenters. The summed E-state index contributed by atoms with van der Waals surface area (Å²) in [6, 6.07) is 1.11. The molecule has 1 aliphatic carbocycles. The molecule has 0 aromatic carbocycles. The minimum Gasteiger partial charge on any atom is -0.392 e. The molecule has 24 heavy (non-hydrogen) atoms. The third kappa shape index (κ3) is 2.78. The molecule has 4 rings (SSSR count). The number of fused-ring (bicyclic) bond motifs is 2. The number of likely N-dealkylation sites (tertiary alicyclic amines) is 1. The summed E-state index contributed by atoms with van der Waals surface area (Å²) in [5.41, 5.74) is 0.0996. The van der Waals surface area contributed by atoms with Gasteiger partial charge >= 0.3 is 0 Å². The van der Waals surface area contributed by atoms with Crippen molar-refractivity contribution in [1.29, 1.82) is 0 Å². The fourth-order valence-electron chi connectivity index (χ4n) is 5.64. The van der Waals surface area contributed by atoms with Gasteiger partial charge in [-0.1, -0.05) is 33.1 Å². The van der Waals surface area contributed by atoms with Gasteiger partial charge in [0.05, 0.1) is 11.6 Å². The Morgan fingerprint density at radius 1 is 1.04 bits per heavy atom. The van der Waals surface area contributed by atoms with Crippen molar-refractivity contribution >= 4 is 5.91 Å². The van der Waals surface area contributed by atoms with Crippen LogP contribution in [-0.4, -0.2) is 82.2 Å². The van der Waals surface area contributed by atoms with Crippen LogP contribution in [0.5, 0.6) is 0 Å².